The van der Waals surface area contributed by atoms with Crippen LogP contribution >= 0.6 is 0 Å². The molecule has 13 heavy (non-hydrogen) atoms. The zero-order chi connectivity index (χ0) is 9.68. The molecule has 1 unspecified atom stereocenters. The Kier molecular flexibility index (Phi) is 4.22. The summed E-state index contributed by atoms with van der Waals surface area (Å²) in [6.45, 7) is 3.09. The van der Waals surface area contributed by atoms with E-state index in [4.69, 9.17) is 5.73 Å². The van der Waals surface area contributed by atoms with E-state index in [0.29, 0.717) is 0 Å². The Morgan fingerprint density at radius 3 is 2.77 bits per heavy atom. The average Bonchev–Trinajstić information content (AvgIpc) is 2.87. The Morgan fingerprint density at radius 1 is 1.62 bits per heavy atom. The first-order valence-corrected chi connectivity index (χ1v) is 5.26. The average molecular weight is 184 g/mol. The second-order valence-corrected chi connectivity index (χ2v) is 3.95. The molecule has 1 aliphatic rings. The largest absolute Gasteiger partial charge is 0.368 e. The molecule has 0 aliphatic heterocycles. The lowest BCUT2D eigenvalue weighted by molar-refractivity contribution is -0.120. The van der Waals surface area contributed by atoms with E-state index in [1.807, 2.05) is 0 Å². The molecule has 1 amide bonds. The number of nitrogens with two attached hydrogens (primary N) is 1. The highest BCUT2D eigenvalue weighted by Gasteiger charge is 2.23. The van der Waals surface area contributed by atoms with Crippen LogP contribution in [0.5, 0.6) is 0 Å². The van der Waals surface area contributed by atoms with Gasteiger partial charge in [-0.1, -0.05) is 19.8 Å². The molecule has 0 spiro atoms. The summed E-state index contributed by atoms with van der Waals surface area (Å²) in [6.07, 6.45) is 5.71. The molecule has 1 saturated carbocycles. The number of rotatable bonds is 7. The Morgan fingerprint density at radius 2 is 2.31 bits per heavy atom. The zero-order valence-corrected chi connectivity index (χ0v) is 8.38. The Balaban J connectivity index is 2.15. The van der Waals surface area contributed by atoms with Gasteiger partial charge < -0.3 is 11.1 Å². The van der Waals surface area contributed by atoms with Crippen LogP contribution < -0.4 is 11.1 Å². The van der Waals surface area contributed by atoms with Gasteiger partial charge in [0.25, 0.3) is 0 Å². The van der Waals surface area contributed by atoms with Crippen molar-refractivity contribution in [3.63, 3.8) is 0 Å². The van der Waals surface area contributed by atoms with Crippen molar-refractivity contribution in [2.45, 2.75) is 45.1 Å². The van der Waals surface area contributed by atoms with Gasteiger partial charge in [-0.3, -0.25) is 4.79 Å². The highest BCUT2D eigenvalue weighted by Crippen LogP contribution is 2.27. The molecule has 0 saturated heterocycles. The second kappa shape index (κ2) is 5.22. The summed E-state index contributed by atoms with van der Waals surface area (Å²) >= 11 is 0. The molecule has 3 N–H and O–H groups in total. The third kappa shape index (κ3) is 4.27. The summed E-state index contributed by atoms with van der Waals surface area (Å²) < 4.78 is 0. The summed E-state index contributed by atoms with van der Waals surface area (Å²) in [5, 5.41) is 3.24. The first kappa shape index (κ1) is 10.5. The normalized spacial score (nSPS) is 18.5. The smallest absolute Gasteiger partial charge is 0.234 e. The van der Waals surface area contributed by atoms with Gasteiger partial charge in [0, 0.05) is 0 Å². The monoisotopic (exact) mass is 184 g/mol. The van der Waals surface area contributed by atoms with Crippen LogP contribution in [0.15, 0.2) is 0 Å². The van der Waals surface area contributed by atoms with Crippen LogP contribution in [0.25, 0.3) is 0 Å². The van der Waals surface area contributed by atoms with E-state index in [2.05, 4.69) is 12.2 Å². The number of primary amides is 1. The lowest BCUT2D eigenvalue weighted by Gasteiger charge is -2.14. The Labute approximate surface area is 80.1 Å². The first-order valence-electron chi connectivity index (χ1n) is 5.26. The predicted molar refractivity (Wildman–Crippen MR) is 53.2 cm³/mol. The minimum absolute atomic E-state index is 0.0967. The Bertz CT molecular complexity index is 166. The molecule has 1 rings (SSSR count). The van der Waals surface area contributed by atoms with E-state index >= 15 is 0 Å². The van der Waals surface area contributed by atoms with Gasteiger partial charge >= 0.3 is 0 Å². The van der Waals surface area contributed by atoms with Crippen molar-refractivity contribution in [3.05, 3.63) is 0 Å². The second-order valence-electron chi connectivity index (χ2n) is 3.95. The van der Waals surface area contributed by atoms with Crippen LogP contribution in [0.3, 0.4) is 0 Å². The van der Waals surface area contributed by atoms with Crippen molar-refractivity contribution in [1.82, 2.24) is 5.32 Å². The lowest BCUT2D eigenvalue weighted by Crippen LogP contribution is -2.42. The van der Waals surface area contributed by atoms with E-state index in [9.17, 15) is 4.79 Å². The number of nitrogens with one attached hydrogen (secondary N) is 1. The maximum absolute atomic E-state index is 11.0. The minimum Gasteiger partial charge on any atom is -0.368 e. The molecule has 3 heteroatoms. The fraction of sp³-hybridized carbons (Fsp3) is 0.900. The maximum atomic E-state index is 11.0. The van der Waals surface area contributed by atoms with Crippen molar-refractivity contribution in [3.8, 4) is 0 Å². The molecule has 0 heterocycles. The van der Waals surface area contributed by atoms with Crippen molar-refractivity contribution in [2.75, 3.05) is 6.54 Å². The topological polar surface area (TPSA) is 55.1 Å². The van der Waals surface area contributed by atoms with Crippen LogP contribution in [0.2, 0.25) is 0 Å². The first-order chi connectivity index (χ1) is 6.24. The van der Waals surface area contributed by atoms with Gasteiger partial charge in [-0.25, -0.2) is 0 Å². The van der Waals surface area contributed by atoms with E-state index in [-0.39, 0.29) is 11.9 Å². The molecular weight excluding hydrogens is 164 g/mol. The highest BCUT2D eigenvalue weighted by molar-refractivity contribution is 5.79. The number of hydrogen-bond acceptors (Lipinski definition) is 2. The molecule has 76 valence electrons. The summed E-state index contributed by atoms with van der Waals surface area (Å²) in [6, 6.07) is -0.0967. The molecular formula is C10H20N2O. The van der Waals surface area contributed by atoms with Crippen molar-refractivity contribution in [1.29, 1.82) is 0 Å². The van der Waals surface area contributed by atoms with Gasteiger partial charge in [-0.05, 0) is 31.7 Å². The zero-order valence-electron chi connectivity index (χ0n) is 8.38. The van der Waals surface area contributed by atoms with Crippen LogP contribution in [-0.2, 0) is 4.79 Å². The lowest BCUT2D eigenvalue weighted by atomic mass is 10.1. The number of carbonyl (C=O) groups excluding carboxylic acids is 1. The van der Waals surface area contributed by atoms with E-state index in [0.717, 1.165) is 31.7 Å². The highest BCUT2D eigenvalue weighted by atomic mass is 16.1. The van der Waals surface area contributed by atoms with Gasteiger partial charge in [0.05, 0.1) is 6.04 Å². The Hall–Kier alpha value is -0.570. The van der Waals surface area contributed by atoms with Crippen molar-refractivity contribution >= 4 is 5.91 Å². The molecule has 0 bridgehead atoms. The molecule has 1 aliphatic carbocycles. The van der Waals surface area contributed by atoms with Crippen molar-refractivity contribution in [2.24, 2.45) is 11.7 Å². The van der Waals surface area contributed by atoms with E-state index in [1.54, 1.807) is 0 Å². The summed E-state index contributed by atoms with van der Waals surface area (Å²) in [5.41, 5.74) is 5.28. The van der Waals surface area contributed by atoms with Crippen LogP contribution in [-0.4, -0.2) is 18.5 Å². The molecule has 1 atom stereocenters. The fourth-order valence-electron chi connectivity index (χ4n) is 1.38. The molecule has 0 radical (unpaired) electrons. The van der Waals surface area contributed by atoms with Gasteiger partial charge in [0.2, 0.25) is 5.91 Å². The molecule has 0 aromatic heterocycles. The van der Waals surface area contributed by atoms with Gasteiger partial charge in [0.1, 0.15) is 0 Å². The summed E-state index contributed by atoms with van der Waals surface area (Å²) in [4.78, 5) is 11.0. The van der Waals surface area contributed by atoms with Gasteiger partial charge in [-0.15, -0.1) is 0 Å². The third-order valence-electron chi connectivity index (χ3n) is 2.54. The minimum atomic E-state index is -0.200. The van der Waals surface area contributed by atoms with Gasteiger partial charge in [0.15, 0.2) is 0 Å². The summed E-state index contributed by atoms with van der Waals surface area (Å²) in [7, 11) is 0. The van der Waals surface area contributed by atoms with Gasteiger partial charge in [-0.2, -0.15) is 0 Å². The molecule has 3 nitrogen and oxygen atoms in total. The van der Waals surface area contributed by atoms with Crippen LogP contribution in [0.1, 0.15) is 39.0 Å². The SMILES string of the molecule is CCCCC(NCC1CC1)C(N)=O. The van der Waals surface area contributed by atoms with E-state index < -0.39 is 0 Å². The fourth-order valence-corrected chi connectivity index (χ4v) is 1.38. The number of hydrogen-bond donors (Lipinski definition) is 2. The van der Waals surface area contributed by atoms with Crippen molar-refractivity contribution < 1.29 is 4.79 Å². The predicted octanol–water partition coefficient (Wildman–Crippen LogP) is 1.03. The van der Waals surface area contributed by atoms with Crippen LogP contribution in [0, 0.1) is 5.92 Å². The quantitative estimate of drug-likeness (QED) is 0.621. The maximum Gasteiger partial charge on any atom is 0.234 e. The number of carbonyl (C=O) groups is 1. The number of unbranched alkanes of at least 4 members (excludes halogenated alkanes) is 1. The standard InChI is InChI=1S/C10H20N2O/c1-2-3-4-9(10(11)13)12-7-8-5-6-8/h8-9,12H,2-7H2,1H3,(H2,11,13). The molecule has 0 aromatic rings. The summed E-state index contributed by atoms with van der Waals surface area (Å²) in [5.74, 6) is 0.609. The van der Waals surface area contributed by atoms with E-state index in [1.165, 1.54) is 12.8 Å². The number of amides is 1. The third-order valence-corrected chi connectivity index (χ3v) is 2.54. The van der Waals surface area contributed by atoms with Crippen LogP contribution in [0.4, 0.5) is 0 Å². The molecule has 1 fully saturated rings. The molecule has 0 aromatic carbocycles.